The fourth-order valence-electron chi connectivity index (χ4n) is 5.60. The maximum atomic E-state index is 4.72. The molecular formula is C34H46N2. The van der Waals surface area contributed by atoms with E-state index in [9.17, 15) is 0 Å². The van der Waals surface area contributed by atoms with Crippen LogP contribution in [0.2, 0.25) is 0 Å². The summed E-state index contributed by atoms with van der Waals surface area (Å²) in [7, 11) is 0. The minimum absolute atomic E-state index is 0.851. The summed E-state index contributed by atoms with van der Waals surface area (Å²) in [6.07, 6.45) is 24.8. The summed E-state index contributed by atoms with van der Waals surface area (Å²) in [5, 5.41) is 0. The first-order valence-electron chi connectivity index (χ1n) is 14.8. The van der Waals surface area contributed by atoms with Crippen LogP contribution in [0.4, 0.5) is 0 Å². The Labute approximate surface area is 220 Å². The summed E-state index contributed by atoms with van der Waals surface area (Å²) in [5.41, 5.74) is 9.69. The van der Waals surface area contributed by atoms with Crippen molar-refractivity contribution in [1.82, 2.24) is 9.97 Å². The molecule has 36 heavy (non-hydrogen) atoms. The molecule has 0 radical (unpaired) electrons. The zero-order chi connectivity index (χ0) is 25.0. The lowest BCUT2D eigenvalue weighted by Gasteiger charge is -2.21. The molecular weight excluding hydrogens is 436 g/mol. The normalized spacial score (nSPS) is 12.4. The van der Waals surface area contributed by atoms with Crippen LogP contribution in [-0.2, 0) is 25.7 Å². The van der Waals surface area contributed by atoms with Crippen molar-refractivity contribution in [2.45, 2.75) is 117 Å². The molecule has 3 aromatic rings. The van der Waals surface area contributed by atoms with E-state index in [2.05, 4.69) is 50.2 Å². The predicted molar refractivity (Wildman–Crippen MR) is 154 cm³/mol. The number of unbranched alkanes of at least 4 members (excludes halogenated alkanes) is 10. The Balaban J connectivity index is 1.33. The molecule has 0 saturated heterocycles. The standard InChI is InChI=1S/C34H46N2/c1-3-5-7-9-11-13-15-27-17-21-32-29(23-27)18-19-30-24-31(20-22-33(30)32)34-35-25-28(26-36-34)16-14-12-10-8-6-4-2/h17,20-26H,3-16,18-19H2,1-2H3. The van der Waals surface area contributed by atoms with Crippen LogP contribution >= 0.6 is 0 Å². The lowest BCUT2D eigenvalue weighted by Crippen LogP contribution is -2.05. The fourth-order valence-corrected chi connectivity index (χ4v) is 5.60. The van der Waals surface area contributed by atoms with E-state index in [-0.39, 0.29) is 0 Å². The maximum absolute atomic E-state index is 4.72. The maximum Gasteiger partial charge on any atom is 0.159 e. The Bertz CT molecular complexity index is 1070. The Morgan fingerprint density at radius 2 is 1.08 bits per heavy atom. The minimum Gasteiger partial charge on any atom is -0.236 e. The van der Waals surface area contributed by atoms with Crippen LogP contribution in [0.5, 0.6) is 0 Å². The molecule has 1 heterocycles. The molecule has 0 amide bonds. The van der Waals surface area contributed by atoms with Crippen molar-refractivity contribution in [2.75, 3.05) is 0 Å². The van der Waals surface area contributed by atoms with Gasteiger partial charge in [0.1, 0.15) is 0 Å². The highest BCUT2D eigenvalue weighted by Gasteiger charge is 2.17. The van der Waals surface area contributed by atoms with Gasteiger partial charge in [0.05, 0.1) is 0 Å². The van der Waals surface area contributed by atoms with E-state index < -0.39 is 0 Å². The summed E-state index contributed by atoms with van der Waals surface area (Å²) in [4.78, 5) is 9.45. The molecule has 1 aliphatic carbocycles. The van der Waals surface area contributed by atoms with Gasteiger partial charge in [0, 0.05) is 18.0 Å². The van der Waals surface area contributed by atoms with Crippen LogP contribution in [0.25, 0.3) is 22.5 Å². The van der Waals surface area contributed by atoms with Crippen molar-refractivity contribution in [2.24, 2.45) is 0 Å². The molecule has 0 spiro atoms. The average molecular weight is 483 g/mol. The molecule has 2 heteroatoms. The molecule has 0 saturated carbocycles. The van der Waals surface area contributed by atoms with E-state index in [1.807, 2.05) is 12.4 Å². The summed E-state index contributed by atoms with van der Waals surface area (Å²) < 4.78 is 0. The van der Waals surface area contributed by atoms with E-state index in [0.717, 1.165) is 30.7 Å². The quantitative estimate of drug-likeness (QED) is 0.201. The van der Waals surface area contributed by atoms with Crippen molar-refractivity contribution in [3.05, 3.63) is 71.0 Å². The zero-order valence-corrected chi connectivity index (χ0v) is 22.8. The average Bonchev–Trinajstić information content (AvgIpc) is 2.92. The molecule has 4 rings (SSSR count). The molecule has 0 bridgehead atoms. The van der Waals surface area contributed by atoms with E-state index in [4.69, 9.17) is 9.97 Å². The van der Waals surface area contributed by atoms with Gasteiger partial charge in [0.25, 0.3) is 0 Å². The van der Waals surface area contributed by atoms with E-state index >= 15 is 0 Å². The number of nitrogens with zero attached hydrogens (tertiary/aromatic N) is 2. The molecule has 0 unspecified atom stereocenters. The van der Waals surface area contributed by atoms with Gasteiger partial charge in [0.15, 0.2) is 5.82 Å². The van der Waals surface area contributed by atoms with Crippen LogP contribution in [-0.4, -0.2) is 9.97 Å². The van der Waals surface area contributed by atoms with E-state index in [1.54, 1.807) is 0 Å². The first-order valence-corrected chi connectivity index (χ1v) is 14.8. The van der Waals surface area contributed by atoms with Crippen LogP contribution in [0.1, 0.15) is 113 Å². The molecule has 0 N–H and O–H groups in total. The van der Waals surface area contributed by atoms with Crippen LogP contribution in [0, 0.1) is 0 Å². The Morgan fingerprint density at radius 3 is 1.72 bits per heavy atom. The van der Waals surface area contributed by atoms with Gasteiger partial charge in [-0.3, -0.25) is 0 Å². The van der Waals surface area contributed by atoms with Gasteiger partial charge in [-0.25, -0.2) is 9.97 Å². The Kier molecular flexibility index (Phi) is 10.6. The zero-order valence-electron chi connectivity index (χ0n) is 22.8. The predicted octanol–water partition coefficient (Wildman–Crippen LogP) is 9.72. The van der Waals surface area contributed by atoms with Gasteiger partial charge in [0.2, 0.25) is 0 Å². The lowest BCUT2D eigenvalue weighted by atomic mass is 9.83. The van der Waals surface area contributed by atoms with Gasteiger partial charge in [-0.2, -0.15) is 0 Å². The van der Waals surface area contributed by atoms with E-state index in [0.29, 0.717) is 0 Å². The summed E-state index contributed by atoms with van der Waals surface area (Å²) in [6.45, 7) is 4.56. The van der Waals surface area contributed by atoms with Crippen molar-refractivity contribution >= 4 is 0 Å². The van der Waals surface area contributed by atoms with Crippen LogP contribution in [0.3, 0.4) is 0 Å². The number of hydrogen-bond donors (Lipinski definition) is 0. The first-order chi connectivity index (χ1) is 17.8. The fraction of sp³-hybridized carbons (Fsp3) is 0.529. The summed E-state index contributed by atoms with van der Waals surface area (Å²) >= 11 is 0. The number of hydrogen-bond acceptors (Lipinski definition) is 2. The Morgan fingerprint density at radius 1 is 0.556 bits per heavy atom. The lowest BCUT2D eigenvalue weighted by molar-refractivity contribution is 0.607. The first kappa shape index (κ1) is 26.6. The molecule has 0 fully saturated rings. The molecule has 1 aromatic heterocycles. The number of benzene rings is 2. The third-order valence-electron chi connectivity index (χ3n) is 7.83. The smallest absolute Gasteiger partial charge is 0.159 e. The second-order valence-corrected chi connectivity index (χ2v) is 10.8. The SMILES string of the molecule is CCCCCCCCc1cnc(-c2ccc3c(c2)CCc2cc(CCCCCCCC)ccc2-3)nc1. The van der Waals surface area contributed by atoms with Gasteiger partial charge in [-0.05, 0) is 78.0 Å². The van der Waals surface area contributed by atoms with Gasteiger partial charge in [-0.15, -0.1) is 0 Å². The molecule has 0 aliphatic heterocycles. The number of aryl methyl sites for hydroxylation is 4. The molecule has 192 valence electrons. The number of rotatable bonds is 15. The van der Waals surface area contributed by atoms with Crippen molar-refractivity contribution < 1.29 is 0 Å². The molecule has 0 atom stereocenters. The third-order valence-corrected chi connectivity index (χ3v) is 7.83. The van der Waals surface area contributed by atoms with Crippen molar-refractivity contribution in [3.8, 4) is 22.5 Å². The summed E-state index contributed by atoms with van der Waals surface area (Å²) in [6, 6.07) is 14.0. The highest BCUT2D eigenvalue weighted by atomic mass is 14.9. The van der Waals surface area contributed by atoms with Crippen LogP contribution in [0.15, 0.2) is 48.8 Å². The van der Waals surface area contributed by atoms with Crippen LogP contribution < -0.4 is 0 Å². The monoisotopic (exact) mass is 482 g/mol. The number of fused-ring (bicyclic) bond motifs is 3. The van der Waals surface area contributed by atoms with Crippen molar-refractivity contribution in [1.29, 1.82) is 0 Å². The van der Waals surface area contributed by atoms with E-state index in [1.165, 1.54) is 117 Å². The summed E-state index contributed by atoms with van der Waals surface area (Å²) in [5.74, 6) is 0.851. The van der Waals surface area contributed by atoms with Gasteiger partial charge < -0.3 is 0 Å². The van der Waals surface area contributed by atoms with Crippen molar-refractivity contribution in [3.63, 3.8) is 0 Å². The minimum atomic E-state index is 0.851. The largest absolute Gasteiger partial charge is 0.236 e. The highest BCUT2D eigenvalue weighted by Crippen LogP contribution is 2.36. The van der Waals surface area contributed by atoms with Gasteiger partial charge in [-0.1, -0.05) is 108 Å². The topological polar surface area (TPSA) is 25.8 Å². The second kappa shape index (κ2) is 14.3. The molecule has 2 aromatic carbocycles. The second-order valence-electron chi connectivity index (χ2n) is 10.8. The number of aromatic nitrogens is 2. The molecule has 2 nitrogen and oxygen atoms in total. The highest BCUT2D eigenvalue weighted by molar-refractivity contribution is 5.76. The van der Waals surface area contributed by atoms with Gasteiger partial charge >= 0.3 is 0 Å². The third kappa shape index (κ3) is 7.51. The molecule has 1 aliphatic rings. The Hall–Kier alpha value is -2.48.